The third-order valence-electron chi connectivity index (χ3n) is 3.70. The predicted molar refractivity (Wildman–Crippen MR) is 85.2 cm³/mol. The van der Waals surface area contributed by atoms with Crippen molar-refractivity contribution in [3.8, 4) is 22.7 Å². The van der Waals surface area contributed by atoms with Crippen molar-refractivity contribution in [3.63, 3.8) is 0 Å². The van der Waals surface area contributed by atoms with Gasteiger partial charge in [-0.3, -0.25) is 5.10 Å². The normalized spacial score (nSPS) is 11.0. The van der Waals surface area contributed by atoms with E-state index < -0.39 is 0 Å². The highest BCUT2D eigenvalue weighted by molar-refractivity contribution is 5.80. The number of H-pyrrole nitrogens is 1. The minimum absolute atomic E-state index is 0.826. The maximum Gasteiger partial charge on any atom is 0.128 e. The van der Waals surface area contributed by atoms with Crippen molar-refractivity contribution in [2.75, 3.05) is 7.11 Å². The second kappa shape index (κ2) is 5.04. The first-order valence-electron chi connectivity index (χ1n) is 6.98. The molecule has 0 saturated heterocycles. The highest BCUT2D eigenvalue weighted by atomic mass is 16.5. The van der Waals surface area contributed by atoms with Crippen molar-refractivity contribution in [1.29, 1.82) is 0 Å². The predicted octanol–water partition coefficient (Wildman–Crippen LogP) is 3.42. The summed E-state index contributed by atoms with van der Waals surface area (Å²) in [5.74, 6) is 0.826. The topological polar surface area (TPSA) is 55.7 Å². The number of aromatic amines is 1. The third-order valence-corrected chi connectivity index (χ3v) is 3.70. The Kier molecular flexibility index (Phi) is 2.89. The zero-order valence-electron chi connectivity index (χ0n) is 12.0. The number of hydrogen-bond acceptors (Lipinski definition) is 3. The Morgan fingerprint density at radius 3 is 2.91 bits per heavy atom. The molecule has 5 heteroatoms. The number of aromatic nitrogens is 4. The maximum atomic E-state index is 5.46. The van der Waals surface area contributed by atoms with Gasteiger partial charge in [0.15, 0.2) is 0 Å². The second-order valence-corrected chi connectivity index (χ2v) is 4.97. The van der Waals surface area contributed by atoms with Gasteiger partial charge in [-0.15, -0.1) is 0 Å². The van der Waals surface area contributed by atoms with Crippen molar-refractivity contribution in [1.82, 2.24) is 20.0 Å². The number of nitrogens with zero attached hydrogens (tertiary/aromatic N) is 3. The molecule has 0 bridgehead atoms. The highest BCUT2D eigenvalue weighted by Gasteiger charge is 2.12. The lowest BCUT2D eigenvalue weighted by atomic mass is 10.1. The average molecular weight is 290 g/mol. The first-order chi connectivity index (χ1) is 10.9. The summed E-state index contributed by atoms with van der Waals surface area (Å²) in [6.07, 6.45) is 3.60. The molecule has 0 aliphatic carbocycles. The molecule has 0 fully saturated rings. The van der Waals surface area contributed by atoms with Crippen LogP contribution in [0.1, 0.15) is 0 Å². The van der Waals surface area contributed by atoms with Crippen molar-refractivity contribution in [2.45, 2.75) is 0 Å². The number of methoxy groups -OCH3 is 1. The molecule has 0 saturated carbocycles. The Bertz CT molecular complexity index is 938. The van der Waals surface area contributed by atoms with Crippen molar-refractivity contribution in [3.05, 3.63) is 60.9 Å². The molecule has 0 atom stereocenters. The number of para-hydroxylation sites is 1. The molecule has 2 aromatic carbocycles. The molecular weight excluding hydrogens is 276 g/mol. The van der Waals surface area contributed by atoms with Gasteiger partial charge in [0.05, 0.1) is 36.4 Å². The summed E-state index contributed by atoms with van der Waals surface area (Å²) < 4.78 is 7.36. The molecule has 0 amide bonds. The number of fused-ring (bicyclic) bond motifs is 1. The van der Waals surface area contributed by atoms with Crippen LogP contribution in [0, 0.1) is 0 Å². The molecule has 108 valence electrons. The van der Waals surface area contributed by atoms with E-state index in [0.29, 0.717) is 0 Å². The van der Waals surface area contributed by atoms with Crippen LogP contribution in [0.2, 0.25) is 0 Å². The number of nitrogens with one attached hydrogen (secondary N) is 1. The Hall–Kier alpha value is -3.08. The zero-order valence-corrected chi connectivity index (χ0v) is 12.0. The van der Waals surface area contributed by atoms with Gasteiger partial charge in [-0.1, -0.05) is 12.1 Å². The van der Waals surface area contributed by atoms with Gasteiger partial charge >= 0.3 is 0 Å². The van der Waals surface area contributed by atoms with Gasteiger partial charge in [0.25, 0.3) is 0 Å². The third kappa shape index (κ3) is 1.95. The first-order valence-corrected chi connectivity index (χ1v) is 6.98. The molecule has 2 heterocycles. The summed E-state index contributed by atoms with van der Waals surface area (Å²) in [6, 6.07) is 16.0. The smallest absolute Gasteiger partial charge is 0.128 e. The van der Waals surface area contributed by atoms with Gasteiger partial charge in [-0.05, 0) is 36.4 Å². The van der Waals surface area contributed by atoms with E-state index in [2.05, 4.69) is 15.3 Å². The largest absolute Gasteiger partial charge is 0.496 e. The van der Waals surface area contributed by atoms with E-state index in [9.17, 15) is 0 Å². The van der Waals surface area contributed by atoms with Crippen LogP contribution in [-0.4, -0.2) is 27.1 Å². The Morgan fingerprint density at radius 2 is 2.00 bits per heavy atom. The lowest BCUT2D eigenvalue weighted by Crippen LogP contribution is -1.99. The summed E-state index contributed by atoms with van der Waals surface area (Å²) in [5, 5.41) is 12.6. The van der Waals surface area contributed by atoms with Gasteiger partial charge < -0.3 is 4.74 Å². The number of ether oxygens (including phenoxy) is 1. The minimum atomic E-state index is 0.826. The minimum Gasteiger partial charge on any atom is -0.496 e. The van der Waals surface area contributed by atoms with E-state index in [-0.39, 0.29) is 0 Å². The van der Waals surface area contributed by atoms with Crippen LogP contribution < -0.4 is 4.74 Å². The SMILES string of the molecule is COc1ccccc1-c1ccnn1-c1ccc2cn[nH]c2c1. The fourth-order valence-corrected chi connectivity index (χ4v) is 2.63. The van der Waals surface area contributed by atoms with Gasteiger partial charge in [-0.2, -0.15) is 10.2 Å². The standard InChI is InChI=1S/C17H14N4O/c1-22-17-5-3-2-4-14(17)16-8-9-19-21(16)13-7-6-12-11-18-20-15(12)10-13/h2-11H,1H3,(H,18,20). The number of benzene rings is 2. The summed E-state index contributed by atoms with van der Waals surface area (Å²) in [5.41, 5.74) is 3.95. The first kappa shape index (κ1) is 12.6. The molecular formula is C17H14N4O. The monoisotopic (exact) mass is 290 g/mol. The van der Waals surface area contributed by atoms with Crippen LogP contribution in [-0.2, 0) is 0 Å². The van der Waals surface area contributed by atoms with E-state index in [1.165, 1.54) is 0 Å². The average Bonchev–Trinajstić information content (AvgIpc) is 3.22. The molecule has 0 spiro atoms. The second-order valence-electron chi connectivity index (χ2n) is 4.97. The van der Waals surface area contributed by atoms with Crippen molar-refractivity contribution in [2.24, 2.45) is 0 Å². The number of rotatable bonds is 3. The lowest BCUT2D eigenvalue weighted by molar-refractivity contribution is 0.416. The van der Waals surface area contributed by atoms with E-state index in [1.54, 1.807) is 13.3 Å². The van der Waals surface area contributed by atoms with E-state index >= 15 is 0 Å². The van der Waals surface area contributed by atoms with Gasteiger partial charge in [0.2, 0.25) is 0 Å². The summed E-state index contributed by atoms with van der Waals surface area (Å²) in [4.78, 5) is 0. The van der Waals surface area contributed by atoms with E-state index in [0.717, 1.165) is 33.6 Å². The Balaban J connectivity index is 1.89. The molecule has 0 radical (unpaired) electrons. The van der Waals surface area contributed by atoms with Crippen LogP contribution >= 0.6 is 0 Å². The van der Waals surface area contributed by atoms with Crippen LogP contribution in [0.4, 0.5) is 0 Å². The van der Waals surface area contributed by atoms with Gasteiger partial charge in [-0.25, -0.2) is 4.68 Å². The van der Waals surface area contributed by atoms with E-state index in [1.807, 2.05) is 59.4 Å². The fraction of sp³-hybridized carbons (Fsp3) is 0.0588. The van der Waals surface area contributed by atoms with Crippen LogP contribution in [0.3, 0.4) is 0 Å². The molecule has 1 N–H and O–H groups in total. The zero-order chi connectivity index (χ0) is 14.9. The van der Waals surface area contributed by atoms with Crippen LogP contribution in [0.25, 0.3) is 27.8 Å². The van der Waals surface area contributed by atoms with Crippen molar-refractivity contribution >= 4 is 10.9 Å². The molecule has 5 nitrogen and oxygen atoms in total. The Labute approximate surface area is 127 Å². The molecule has 4 aromatic rings. The maximum absolute atomic E-state index is 5.46. The molecule has 22 heavy (non-hydrogen) atoms. The fourth-order valence-electron chi connectivity index (χ4n) is 2.63. The van der Waals surface area contributed by atoms with Gasteiger partial charge in [0.1, 0.15) is 5.75 Å². The van der Waals surface area contributed by atoms with Crippen LogP contribution in [0.5, 0.6) is 5.75 Å². The summed E-state index contributed by atoms with van der Waals surface area (Å²) in [6.45, 7) is 0. The summed E-state index contributed by atoms with van der Waals surface area (Å²) >= 11 is 0. The molecule has 0 aliphatic heterocycles. The van der Waals surface area contributed by atoms with Gasteiger partial charge in [0, 0.05) is 10.9 Å². The number of hydrogen-bond donors (Lipinski definition) is 1. The highest BCUT2D eigenvalue weighted by Crippen LogP contribution is 2.31. The molecule has 0 aliphatic rings. The van der Waals surface area contributed by atoms with Crippen molar-refractivity contribution < 1.29 is 4.74 Å². The van der Waals surface area contributed by atoms with E-state index in [4.69, 9.17) is 4.74 Å². The lowest BCUT2D eigenvalue weighted by Gasteiger charge is -2.11. The Morgan fingerprint density at radius 1 is 1.09 bits per heavy atom. The quantitative estimate of drug-likeness (QED) is 0.629. The van der Waals surface area contributed by atoms with Crippen LogP contribution in [0.15, 0.2) is 60.9 Å². The molecule has 2 aromatic heterocycles. The molecule has 0 unspecified atom stereocenters. The molecule has 4 rings (SSSR count). The summed E-state index contributed by atoms with van der Waals surface area (Å²) in [7, 11) is 1.68.